The summed E-state index contributed by atoms with van der Waals surface area (Å²) in [5, 5.41) is 0. The first kappa shape index (κ1) is 9.24. The van der Waals surface area contributed by atoms with Gasteiger partial charge >= 0.3 is 0 Å². The molecule has 0 N–H and O–H groups in total. The van der Waals surface area contributed by atoms with E-state index >= 15 is 0 Å². The fourth-order valence-electron chi connectivity index (χ4n) is 1.25. The molecule has 0 bridgehead atoms. The molecule has 2 rings (SSSR count). The molecule has 14 heavy (non-hydrogen) atoms. The summed E-state index contributed by atoms with van der Waals surface area (Å²) in [6, 6.07) is 2.51. The van der Waals surface area contributed by atoms with Crippen LogP contribution < -0.4 is 0 Å². The van der Waals surface area contributed by atoms with E-state index in [0.29, 0.717) is 6.07 Å². The molecule has 1 aliphatic rings. The first-order valence-corrected chi connectivity index (χ1v) is 4.22. The lowest BCUT2D eigenvalue weighted by Crippen LogP contribution is -2.18. The topological polar surface area (TPSA) is 17.1 Å². The molecule has 4 heteroatoms. The highest BCUT2D eigenvalue weighted by Gasteiger charge is 2.51. The van der Waals surface area contributed by atoms with E-state index in [1.54, 1.807) is 0 Å². The number of rotatable bonds is 2. The van der Waals surface area contributed by atoms with Gasteiger partial charge in [-0.25, -0.2) is 13.2 Å². The van der Waals surface area contributed by atoms with E-state index in [0.717, 1.165) is 12.1 Å². The summed E-state index contributed by atoms with van der Waals surface area (Å²) in [6.45, 7) is 0. The third-order valence-corrected chi connectivity index (χ3v) is 2.27. The van der Waals surface area contributed by atoms with E-state index < -0.39 is 23.1 Å². The second kappa shape index (κ2) is 2.83. The van der Waals surface area contributed by atoms with Gasteiger partial charge in [-0.05, 0) is 25.0 Å². The van der Waals surface area contributed by atoms with Crippen molar-refractivity contribution in [3.05, 3.63) is 35.4 Å². The van der Waals surface area contributed by atoms with Gasteiger partial charge in [0.15, 0.2) is 5.67 Å². The van der Waals surface area contributed by atoms with Crippen LogP contribution in [0.2, 0.25) is 0 Å². The maximum Gasteiger partial charge on any atom is 0.202 e. The average Bonchev–Trinajstić information content (AvgIpc) is 2.84. The van der Waals surface area contributed by atoms with Gasteiger partial charge in [0.05, 0.1) is 5.56 Å². The normalized spacial score (nSPS) is 17.9. The highest BCUT2D eigenvalue weighted by Crippen LogP contribution is 2.42. The molecule has 1 aromatic rings. The minimum Gasteiger partial charge on any atom is -0.290 e. The van der Waals surface area contributed by atoms with Gasteiger partial charge in [-0.15, -0.1) is 0 Å². The minimum absolute atomic E-state index is 0.128. The molecule has 1 aliphatic carbocycles. The van der Waals surface area contributed by atoms with Gasteiger partial charge < -0.3 is 0 Å². The molecule has 0 radical (unpaired) electrons. The molecule has 1 saturated carbocycles. The van der Waals surface area contributed by atoms with Crippen LogP contribution in [0.3, 0.4) is 0 Å². The number of benzene rings is 1. The van der Waals surface area contributed by atoms with E-state index in [1.807, 2.05) is 0 Å². The van der Waals surface area contributed by atoms with Gasteiger partial charge in [-0.3, -0.25) is 4.79 Å². The summed E-state index contributed by atoms with van der Waals surface area (Å²) in [4.78, 5) is 11.3. The van der Waals surface area contributed by atoms with Crippen molar-refractivity contribution in [3.63, 3.8) is 0 Å². The summed E-state index contributed by atoms with van der Waals surface area (Å²) in [5.74, 6) is -2.66. The monoisotopic (exact) mass is 200 g/mol. The summed E-state index contributed by atoms with van der Waals surface area (Å²) < 4.78 is 38.8. The standard InChI is InChI=1S/C10H7F3O/c11-6-1-2-7(8(12)5-6)9(14)10(13)3-4-10/h1-2,5H,3-4H2. The molecule has 0 unspecified atom stereocenters. The summed E-state index contributed by atoms with van der Waals surface area (Å²) >= 11 is 0. The van der Waals surface area contributed by atoms with Crippen LogP contribution in [0.1, 0.15) is 23.2 Å². The minimum atomic E-state index is -1.90. The van der Waals surface area contributed by atoms with Crippen LogP contribution in [0, 0.1) is 11.6 Å². The van der Waals surface area contributed by atoms with Gasteiger partial charge in [0.1, 0.15) is 11.6 Å². The van der Waals surface area contributed by atoms with Crippen molar-refractivity contribution in [1.82, 2.24) is 0 Å². The third-order valence-electron chi connectivity index (χ3n) is 2.27. The number of hydrogen-bond acceptors (Lipinski definition) is 1. The number of ketones is 1. The van der Waals surface area contributed by atoms with Crippen LogP contribution in [0.4, 0.5) is 13.2 Å². The molecule has 0 spiro atoms. The summed E-state index contributed by atoms with van der Waals surface area (Å²) in [5.41, 5.74) is -2.27. The van der Waals surface area contributed by atoms with Crippen molar-refractivity contribution in [2.75, 3.05) is 0 Å². The molecular weight excluding hydrogens is 193 g/mol. The second-order valence-electron chi connectivity index (χ2n) is 3.42. The average molecular weight is 200 g/mol. The second-order valence-corrected chi connectivity index (χ2v) is 3.42. The molecular formula is C10H7F3O. The Labute approximate surface area is 78.5 Å². The van der Waals surface area contributed by atoms with Gasteiger partial charge in [0.2, 0.25) is 5.78 Å². The smallest absolute Gasteiger partial charge is 0.202 e. The van der Waals surface area contributed by atoms with Gasteiger partial charge in [0.25, 0.3) is 0 Å². The molecule has 74 valence electrons. The fourth-order valence-corrected chi connectivity index (χ4v) is 1.25. The third kappa shape index (κ3) is 1.41. The van der Waals surface area contributed by atoms with Crippen molar-refractivity contribution < 1.29 is 18.0 Å². The van der Waals surface area contributed by atoms with E-state index in [-0.39, 0.29) is 18.4 Å². The lowest BCUT2D eigenvalue weighted by Gasteiger charge is -2.04. The van der Waals surface area contributed by atoms with E-state index in [1.165, 1.54) is 0 Å². The van der Waals surface area contributed by atoms with Crippen LogP contribution >= 0.6 is 0 Å². The lowest BCUT2D eigenvalue weighted by atomic mass is 10.1. The Balaban J connectivity index is 2.37. The molecule has 0 amide bonds. The van der Waals surface area contributed by atoms with Crippen molar-refractivity contribution in [2.24, 2.45) is 0 Å². The van der Waals surface area contributed by atoms with E-state index in [4.69, 9.17) is 0 Å². The first-order valence-electron chi connectivity index (χ1n) is 4.22. The molecule has 0 atom stereocenters. The maximum atomic E-state index is 13.2. The highest BCUT2D eigenvalue weighted by molar-refractivity contribution is 6.04. The quantitative estimate of drug-likeness (QED) is 0.670. The Hall–Kier alpha value is -1.32. The van der Waals surface area contributed by atoms with Gasteiger partial charge in [-0.1, -0.05) is 0 Å². The molecule has 0 aliphatic heterocycles. The molecule has 1 fully saturated rings. The molecule has 1 nitrogen and oxygen atoms in total. The Morgan fingerprint density at radius 2 is 1.93 bits per heavy atom. The number of carbonyl (C=O) groups excluding carboxylic acids is 1. The number of alkyl halides is 1. The van der Waals surface area contributed by atoms with E-state index in [2.05, 4.69) is 0 Å². The predicted octanol–water partition coefficient (Wildman–Crippen LogP) is 2.65. The van der Waals surface area contributed by atoms with Crippen LogP contribution in [0.15, 0.2) is 18.2 Å². The molecule has 1 aromatic carbocycles. The Morgan fingerprint density at radius 1 is 1.29 bits per heavy atom. The van der Waals surface area contributed by atoms with Crippen LogP contribution in [0.25, 0.3) is 0 Å². The first-order chi connectivity index (χ1) is 6.53. The number of Topliss-reactive ketones (excluding diaryl/α,β-unsaturated/α-hetero) is 1. The maximum absolute atomic E-state index is 13.2. The van der Waals surface area contributed by atoms with Crippen molar-refractivity contribution in [2.45, 2.75) is 18.5 Å². The molecule has 0 saturated heterocycles. The summed E-state index contributed by atoms with van der Waals surface area (Å²) in [7, 11) is 0. The van der Waals surface area contributed by atoms with Crippen molar-refractivity contribution in [1.29, 1.82) is 0 Å². The molecule has 0 heterocycles. The number of carbonyl (C=O) groups is 1. The van der Waals surface area contributed by atoms with E-state index in [9.17, 15) is 18.0 Å². The zero-order valence-electron chi connectivity index (χ0n) is 7.19. The van der Waals surface area contributed by atoms with Gasteiger partial charge in [-0.2, -0.15) is 0 Å². The van der Waals surface area contributed by atoms with Gasteiger partial charge in [0, 0.05) is 6.07 Å². The predicted molar refractivity (Wildman–Crippen MR) is 43.8 cm³/mol. The van der Waals surface area contributed by atoms with Crippen LogP contribution in [-0.4, -0.2) is 11.5 Å². The van der Waals surface area contributed by atoms with Crippen LogP contribution in [-0.2, 0) is 0 Å². The van der Waals surface area contributed by atoms with Crippen LogP contribution in [0.5, 0.6) is 0 Å². The lowest BCUT2D eigenvalue weighted by molar-refractivity contribution is 0.0846. The Bertz CT molecular complexity index is 396. The highest BCUT2D eigenvalue weighted by atomic mass is 19.1. The van der Waals surface area contributed by atoms with Crippen molar-refractivity contribution >= 4 is 5.78 Å². The Morgan fingerprint density at radius 3 is 2.43 bits per heavy atom. The fraction of sp³-hybridized carbons (Fsp3) is 0.300. The SMILES string of the molecule is O=C(c1ccc(F)cc1F)C1(F)CC1. The number of hydrogen-bond donors (Lipinski definition) is 0. The Kier molecular flexibility index (Phi) is 1.87. The summed E-state index contributed by atoms with van der Waals surface area (Å²) in [6.07, 6.45) is 0.255. The zero-order valence-corrected chi connectivity index (χ0v) is 7.19. The molecule has 0 aromatic heterocycles. The largest absolute Gasteiger partial charge is 0.290 e. The zero-order chi connectivity index (χ0) is 10.3. The number of halogens is 3. The van der Waals surface area contributed by atoms with Crippen molar-refractivity contribution in [3.8, 4) is 0 Å².